The smallest absolute Gasteiger partial charge is 0.310 e. The SMILES string of the molecule is C[CH](C)[Zn][CH](C)C.O=PO. The Morgan fingerprint density at radius 3 is 1.40 bits per heavy atom. The van der Waals surface area contributed by atoms with E-state index in [0.29, 0.717) is 0 Å². The third kappa shape index (κ3) is 23.4. The molecule has 0 rings (SSSR count). The molecule has 0 saturated carbocycles. The van der Waals surface area contributed by atoms with Gasteiger partial charge in [-0.3, -0.25) is 0 Å². The van der Waals surface area contributed by atoms with Crippen LogP contribution in [0.15, 0.2) is 0 Å². The van der Waals surface area contributed by atoms with Crippen LogP contribution in [0.4, 0.5) is 0 Å². The molecule has 0 aliphatic rings. The first-order valence-corrected chi connectivity index (χ1v) is 7.70. The van der Waals surface area contributed by atoms with Crippen LogP contribution in [0.5, 0.6) is 0 Å². The van der Waals surface area contributed by atoms with E-state index in [-0.39, 0.29) is 17.1 Å². The summed E-state index contributed by atoms with van der Waals surface area (Å²) in [6.45, 7) is 9.39. The molecule has 0 spiro atoms. The maximum absolute atomic E-state index is 8.46. The monoisotopic (exact) mass is 214 g/mol. The van der Waals surface area contributed by atoms with Crippen LogP contribution in [0.1, 0.15) is 27.7 Å². The molecule has 58 valence electrons. The molecule has 10 heavy (non-hydrogen) atoms. The van der Waals surface area contributed by atoms with Gasteiger partial charge in [-0.05, 0) is 0 Å². The van der Waals surface area contributed by atoms with Gasteiger partial charge in [0.05, 0.1) is 0 Å². The first-order valence-electron chi connectivity index (χ1n) is 3.51. The van der Waals surface area contributed by atoms with Crippen molar-refractivity contribution in [2.75, 3.05) is 0 Å². The standard InChI is InChI=1S/2C3H7.HO2P.Zn/c3*1-3-2;/h2*3H,1-2H3;(H,1,2);. The van der Waals surface area contributed by atoms with E-state index >= 15 is 0 Å². The number of hydrogen-bond donors (Lipinski definition) is 1. The Morgan fingerprint density at radius 2 is 1.40 bits per heavy atom. The summed E-state index contributed by atoms with van der Waals surface area (Å²) in [4.78, 5) is 6.99. The molecule has 0 aromatic carbocycles. The molecule has 0 radical (unpaired) electrons. The summed E-state index contributed by atoms with van der Waals surface area (Å²) in [6, 6.07) is 0. The molecule has 2 nitrogen and oxygen atoms in total. The van der Waals surface area contributed by atoms with Gasteiger partial charge < -0.3 is 4.89 Å². The fourth-order valence-electron chi connectivity index (χ4n) is 0.943. The zero-order valence-corrected chi connectivity index (χ0v) is 11.0. The van der Waals surface area contributed by atoms with Crippen molar-refractivity contribution in [1.29, 1.82) is 0 Å². The van der Waals surface area contributed by atoms with Gasteiger partial charge in [0.15, 0.2) is 0 Å². The molecule has 0 aliphatic heterocycles. The summed E-state index contributed by atoms with van der Waals surface area (Å²) in [7, 11) is -0.833. The fourth-order valence-corrected chi connectivity index (χ4v) is 4.90. The van der Waals surface area contributed by atoms with Crippen molar-refractivity contribution in [1.82, 2.24) is 0 Å². The largest absolute Gasteiger partial charge is 0.324 e. The minimum atomic E-state index is -0.833. The molecule has 0 unspecified atom stereocenters. The van der Waals surface area contributed by atoms with E-state index in [4.69, 9.17) is 9.46 Å². The Morgan fingerprint density at radius 1 is 1.20 bits per heavy atom. The first-order chi connectivity index (χ1) is 4.54. The predicted octanol–water partition coefficient (Wildman–Crippen LogP) is 2.91. The molecule has 0 aromatic rings. The summed E-state index contributed by atoms with van der Waals surface area (Å²) in [5.41, 5.74) is 0. The van der Waals surface area contributed by atoms with Gasteiger partial charge >= 0.3 is 62.5 Å². The summed E-state index contributed by atoms with van der Waals surface area (Å²) >= 11 is -0.0972. The van der Waals surface area contributed by atoms with E-state index in [0.717, 1.165) is 9.02 Å². The molecule has 0 aromatic heterocycles. The number of rotatable bonds is 2. The zero-order valence-electron chi connectivity index (χ0n) is 7.16. The Kier molecular flexibility index (Phi) is 12.9. The molecule has 0 saturated heterocycles. The van der Waals surface area contributed by atoms with E-state index in [1.165, 1.54) is 0 Å². The van der Waals surface area contributed by atoms with Crippen molar-refractivity contribution >= 4 is 8.69 Å². The topological polar surface area (TPSA) is 37.3 Å². The summed E-state index contributed by atoms with van der Waals surface area (Å²) in [5.74, 6) is 0. The van der Waals surface area contributed by atoms with Gasteiger partial charge in [-0.25, -0.2) is 4.57 Å². The third-order valence-electron chi connectivity index (χ3n) is 0.943. The van der Waals surface area contributed by atoms with Crippen molar-refractivity contribution in [3.63, 3.8) is 0 Å². The quantitative estimate of drug-likeness (QED) is 0.568. The average molecular weight is 216 g/mol. The Hall–Kier alpha value is 0.683. The van der Waals surface area contributed by atoms with Gasteiger partial charge in [-0.15, -0.1) is 0 Å². The Balaban J connectivity index is 0. The molecular formula is C6H15O2PZn. The maximum atomic E-state index is 8.46. The van der Waals surface area contributed by atoms with Gasteiger partial charge in [-0.1, -0.05) is 0 Å². The van der Waals surface area contributed by atoms with E-state index in [9.17, 15) is 0 Å². The van der Waals surface area contributed by atoms with Crippen LogP contribution in [-0.4, -0.2) is 4.89 Å². The molecule has 0 heterocycles. The normalized spacial score (nSPS) is 9.10. The molecule has 1 N–H and O–H groups in total. The van der Waals surface area contributed by atoms with Crippen LogP contribution in [0.2, 0.25) is 9.02 Å². The van der Waals surface area contributed by atoms with Gasteiger partial charge in [-0.2, -0.15) is 0 Å². The Labute approximate surface area is 72.3 Å². The summed E-state index contributed by atoms with van der Waals surface area (Å²) < 4.78 is 10.6. The summed E-state index contributed by atoms with van der Waals surface area (Å²) in [5, 5.41) is 0. The van der Waals surface area contributed by atoms with E-state index in [2.05, 4.69) is 27.7 Å². The van der Waals surface area contributed by atoms with Crippen LogP contribution < -0.4 is 0 Å². The molecule has 4 heteroatoms. The number of hydrogen-bond acceptors (Lipinski definition) is 1. The van der Waals surface area contributed by atoms with Crippen molar-refractivity contribution in [2.45, 2.75) is 36.7 Å². The zero-order chi connectivity index (χ0) is 8.57. The van der Waals surface area contributed by atoms with Gasteiger partial charge in [0.25, 0.3) is 0 Å². The van der Waals surface area contributed by atoms with E-state index in [1.807, 2.05) is 0 Å². The van der Waals surface area contributed by atoms with Crippen molar-refractivity contribution in [3.05, 3.63) is 0 Å². The van der Waals surface area contributed by atoms with Gasteiger partial charge in [0.2, 0.25) is 0 Å². The minimum absolute atomic E-state index is 0.0972. The van der Waals surface area contributed by atoms with Crippen LogP contribution >= 0.6 is 8.69 Å². The average Bonchev–Trinajstić information content (AvgIpc) is 1.62. The minimum Gasteiger partial charge on any atom is -0.310 e. The predicted molar refractivity (Wildman–Crippen MR) is 40.0 cm³/mol. The van der Waals surface area contributed by atoms with Crippen LogP contribution in [0.3, 0.4) is 0 Å². The van der Waals surface area contributed by atoms with Crippen LogP contribution in [0, 0.1) is 0 Å². The van der Waals surface area contributed by atoms with Crippen LogP contribution in [-0.2, 0) is 21.7 Å². The van der Waals surface area contributed by atoms with Gasteiger partial charge in [0, 0.05) is 0 Å². The third-order valence-corrected chi connectivity index (χ3v) is 4.90. The second-order valence-corrected chi connectivity index (χ2v) is 11.1. The van der Waals surface area contributed by atoms with Crippen molar-refractivity contribution < 1.29 is 26.6 Å². The molecule has 0 atom stereocenters. The molecule has 0 fully saturated rings. The van der Waals surface area contributed by atoms with Crippen LogP contribution in [0.25, 0.3) is 0 Å². The molecule has 0 amide bonds. The second-order valence-electron chi connectivity index (χ2n) is 3.11. The van der Waals surface area contributed by atoms with E-state index < -0.39 is 8.69 Å². The molecular weight excluding hydrogens is 200 g/mol. The summed E-state index contributed by atoms with van der Waals surface area (Å²) in [6.07, 6.45) is 0. The fraction of sp³-hybridized carbons (Fsp3) is 1.00. The Bertz CT molecular complexity index is 70.1. The maximum Gasteiger partial charge on any atom is 0.324 e. The first kappa shape index (κ1) is 13.3. The van der Waals surface area contributed by atoms with Gasteiger partial charge in [0.1, 0.15) is 0 Å². The molecule has 0 bridgehead atoms. The second kappa shape index (κ2) is 9.68. The van der Waals surface area contributed by atoms with Crippen molar-refractivity contribution in [2.24, 2.45) is 0 Å². The molecule has 0 aliphatic carbocycles. The van der Waals surface area contributed by atoms with E-state index in [1.54, 1.807) is 0 Å². The van der Waals surface area contributed by atoms with Crippen molar-refractivity contribution in [3.8, 4) is 0 Å².